The van der Waals surface area contributed by atoms with Crippen molar-refractivity contribution in [1.82, 2.24) is 4.98 Å². The molecule has 3 N–H and O–H groups in total. The number of nitro groups is 1. The first-order valence-electron chi connectivity index (χ1n) is 5.80. The number of anilines is 1. The van der Waals surface area contributed by atoms with Gasteiger partial charge in [0.15, 0.2) is 5.76 Å². The van der Waals surface area contributed by atoms with Gasteiger partial charge in [-0.15, -0.1) is 0 Å². The van der Waals surface area contributed by atoms with Crippen LogP contribution < -0.4 is 11.1 Å². The third kappa shape index (κ3) is 3.65. The predicted molar refractivity (Wildman–Crippen MR) is 73.5 cm³/mol. The molecule has 106 valence electrons. The molecule has 2 rings (SSSR count). The summed E-state index contributed by atoms with van der Waals surface area (Å²) in [5.41, 5.74) is 5.91. The molecule has 0 radical (unpaired) electrons. The number of nitrogens with two attached hydrogens (primary N) is 1. The zero-order chi connectivity index (χ0) is 15.2. The molecule has 8 heteroatoms. The van der Waals surface area contributed by atoms with Crippen molar-refractivity contribution in [3.05, 3.63) is 51.9 Å². The van der Waals surface area contributed by atoms with Gasteiger partial charge in [-0.2, -0.15) is 0 Å². The van der Waals surface area contributed by atoms with Crippen LogP contribution >= 0.6 is 0 Å². The maximum Gasteiger partial charge on any atom is 0.433 e. The molecule has 0 aromatic carbocycles. The number of rotatable bonds is 3. The van der Waals surface area contributed by atoms with Gasteiger partial charge in [0.1, 0.15) is 10.7 Å². The molecule has 8 nitrogen and oxygen atoms in total. The molecule has 2 aromatic heterocycles. The van der Waals surface area contributed by atoms with E-state index in [1.807, 2.05) is 0 Å². The van der Waals surface area contributed by atoms with E-state index in [9.17, 15) is 14.9 Å². The monoisotopic (exact) mass is 286 g/mol. The zero-order valence-corrected chi connectivity index (χ0v) is 10.7. The zero-order valence-electron chi connectivity index (χ0n) is 10.7. The lowest BCUT2D eigenvalue weighted by Crippen LogP contribution is -2.12. The summed E-state index contributed by atoms with van der Waals surface area (Å²) in [7, 11) is 0. The molecule has 2 aromatic rings. The molecule has 0 aliphatic rings. The van der Waals surface area contributed by atoms with Gasteiger partial charge in [-0.25, -0.2) is 4.98 Å². The molecule has 0 atom stereocenters. The van der Waals surface area contributed by atoms with Crippen molar-refractivity contribution in [2.45, 2.75) is 0 Å². The van der Waals surface area contributed by atoms with E-state index in [0.717, 1.165) is 6.07 Å². The fourth-order valence-electron chi connectivity index (χ4n) is 1.46. The summed E-state index contributed by atoms with van der Waals surface area (Å²) in [5.74, 6) is 4.40. The van der Waals surface area contributed by atoms with Crippen LogP contribution in [-0.2, 0) is 0 Å². The van der Waals surface area contributed by atoms with E-state index in [2.05, 4.69) is 22.1 Å². The van der Waals surface area contributed by atoms with Crippen LogP contribution in [0.2, 0.25) is 0 Å². The molecule has 0 aliphatic heterocycles. The summed E-state index contributed by atoms with van der Waals surface area (Å²) in [6, 6.07) is 5.53. The smallest absolute Gasteiger partial charge is 0.395 e. The first kappa shape index (κ1) is 14.2. The Balaban J connectivity index is 2.13. The van der Waals surface area contributed by atoms with Gasteiger partial charge in [0, 0.05) is 11.8 Å². The summed E-state index contributed by atoms with van der Waals surface area (Å²) in [5, 5.41) is 12.9. The van der Waals surface area contributed by atoms with E-state index < -0.39 is 16.7 Å². The fourth-order valence-corrected chi connectivity index (χ4v) is 1.46. The average molecular weight is 286 g/mol. The molecule has 0 saturated carbocycles. The minimum Gasteiger partial charge on any atom is -0.395 e. The lowest BCUT2D eigenvalue weighted by Gasteiger charge is -2.01. The number of pyridine rings is 1. The van der Waals surface area contributed by atoms with Crippen LogP contribution in [0.15, 0.2) is 34.9 Å². The highest BCUT2D eigenvalue weighted by Crippen LogP contribution is 2.16. The van der Waals surface area contributed by atoms with Gasteiger partial charge >= 0.3 is 5.88 Å². The van der Waals surface area contributed by atoms with Crippen LogP contribution in [-0.4, -0.2) is 22.4 Å². The number of amides is 1. The van der Waals surface area contributed by atoms with Crippen molar-refractivity contribution >= 4 is 17.6 Å². The third-order valence-corrected chi connectivity index (χ3v) is 2.33. The number of furan rings is 1. The molecule has 0 fully saturated rings. The van der Waals surface area contributed by atoms with E-state index in [4.69, 9.17) is 10.2 Å². The van der Waals surface area contributed by atoms with Crippen LogP contribution in [0.25, 0.3) is 0 Å². The van der Waals surface area contributed by atoms with Gasteiger partial charge in [-0.3, -0.25) is 14.9 Å². The Morgan fingerprint density at radius 1 is 1.48 bits per heavy atom. The van der Waals surface area contributed by atoms with E-state index in [1.54, 1.807) is 12.1 Å². The molecule has 0 unspecified atom stereocenters. The Hall–Kier alpha value is -3.18. The number of nitrogens with zero attached hydrogens (tertiary/aromatic N) is 2. The van der Waals surface area contributed by atoms with Crippen LogP contribution in [0.3, 0.4) is 0 Å². The Bertz CT molecular complexity index is 742. The maximum absolute atomic E-state index is 11.9. The summed E-state index contributed by atoms with van der Waals surface area (Å²) in [6.45, 7) is 0.222. The van der Waals surface area contributed by atoms with Crippen LogP contribution in [0.1, 0.15) is 16.1 Å². The topological polar surface area (TPSA) is 124 Å². The maximum atomic E-state index is 11.9. The van der Waals surface area contributed by atoms with Crippen molar-refractivity contribution in [3.63, 3.8) is 0 Å². The number of carbonyl (C=O) groups excluding carboxylic acids is 1. The van der Waals surface area contributed by atoms with Gasteiger partial charge in [-0.05, 0) is 18.2 Å². The highest BCUT2D eigenvalue weighted by atomic mass is 16.6. The second-order valence-corrected chi connectivity index (χ2v) is 3.78. The van der Waals surface area contributed by atoms with Crippen molar-refractivity contribution in [2.75, 3.05) is 11.9 Å². The first-order chi connectivity index (χ1) is 10.1. The van der Waals surface area contributed by atoms with Gasteiger partial charge in [0.05, 0.1) is 12.6 Å². The quantitative estimate of drug-likeness (QED) is 0.495. The van der Waals surface area contributed by atoms with Gasteiger partial charge in [0.25, 0.3) is 5.91 Å². The minimum atomic E-state index is -0.724. The molecule has 0 aliphatic carbocycles. The number of hydrogen-bond donors (Lipinski definition) is 2. The molecule has 2 heterocycles. The fraction of sp³-hybridized carbons (Fsp3) is 0.0769. The summed E-state index contributed by atoms with van der Waals surface area (Å²) >= 11 is 0. The van der Waals surface area contributed by atoms with Gasteiger partial charge in [-0.1, -0.05) is 11.8 Å². The van der Waals surface area contributed by atoms with Crippen LogP contribution in [0.5, 0.6) is 0 Å². The van der Waals surface area contributed by atoms with Crippen molar-refractivity contribution in [3.8, 4) is 11.8 Å². The van der Waals surface area contributed by atoms with Crippen LogP contribution in [0, 0.1) is 22.0 Å². The lowest BCUT2D eigenvalue weighted by atomic mass is 10.2. The molecule has 0 bridgehead atoms. The summed E-state index contributed by atoms with van der Waals surface area (Å²) in [4.78, 5) is 25.6. The van der Waals surface area contributed by atoms with Crippen molar-refractivity contribution in [1.29, 1.82) is 0 Å². The average Bonchev–Trinajstić information content (AvgIpc) is 2.95. The highest BCUT2D eigenvalue weighted by Gasteiger charge is 2.17. The SMILES string of the molecule is NCC#Cc1ccnc(NC(=O)c2ccc([N+](=O)[O-])o2)c1. The van der Waals surface area contributed by atoms with Crippen LogP contribution in [0.4, 0.5) is 11.7 Å². The molecule has 0 spiro atoms. The van der Waals surface area contributed by atoms with E-state index in [0.29, 0.717) is 5.56 Å². The second-order valence-electron chi connectivity index (χ2n) is 3.78. The Labute approximate surface area is 119 Å². The lowest BCUT2D eigenvalue weighted by molar-refractivity contribution is -0.402. The number of hydrogen-bond acceptors (Lipinski definition) is 6. The standard InChI is InChI=1S/C13H10N4O4/c14-6-1-2-9-5-7-15-11(8-9)16-13(18)10-3-4-12(21-10)17(19)20/h3-5,7-8H,6,14H2,(H,15,16,18). The van der Waals surface area contributed by atoms with Crippen molar-refractivity contribution < 1.29 is 14.1 Å². The molecular formula is C13H10N4O4. The Kier molecular flexibility index (Phi) is 4.28. The Morgan fingerprint density at radius 3 is 2.95 bits per heavy atom. The molecule has 0 saturated heterocycles. The summed E-state index contributed by atoms with van der Waals surface area (Å²) < 4.78 is 4.79. The number of nitrogens with one attached hydrogen (secondary N) is 1. The largest absolute Gasteiger partial charge is 0.433 e. The van der Waals surface area contributed by atoms with E-state index >= 15 is 0 Å². The van der Waals surface area contributed by atoms with Gasteiger partial charge < -0.3 is 15.5 Å². The second kappa shape index (κ2) is 6.31. The molecular weight excluding hydrogens is 276 g/mol. The van der Waals surface area contributed by atoms with E-state index in [-0.39, 0.29) is 18.1 Å². The molecule has 1 amide bonds. The minimum absolute atomic E-state index is 0.179. The first-order valence-corrected chi connectivity index (χ1v) is 5.80. The third-order valence-electron chi connectivity index (χ3n) is 2.33. The number of carbonyl (C=O) groups is 1. The van der Waals surface area contributed by atoms with Crippen molar-refractivity contribution in [2.24, 2.45) is 5.73 Å². The predicted octanol–water partition coefficient (Wildman–Crippen LogP) is 1.15. The highest BCUT2D eigenvalue weighted by molar-refractivity contribution is 6.01. The normalized spacial score (nSPS) is 9.57. The Morgan fingerprint density at radius 2 is 2.29 bits per heavy atom. The summed E-state index contributed by atoms with van der Waals surface area (Å²) in [6.07, 6.45) is 1.47. The number of aromatic nitrogens is 1. The molecule has 21 heavy (non-hydrogen) atoms. The van der Waals surface area contributed by atoms with Gasteiger partial charge in [0.2, 0.25) is 0 Å². The van der Waals surface area contributed by atoms with E-state index in [1.165, 1.54) is 12.3 Å².